The summed E-state index contributed by atoms with van der Waals surface area (Å²) in [5, 5.41) is 28.1. The van der Waals surface area contributed by atoms with Gasteiger partial charge in [0, 0.05) is 19.6 Å². The Morgan fingerprint density at radius 2 is 1.47 bits per heavy atom. The van der Waals surface area contributed by atoms with Crippen molar-refractivity contribution in [3.8, 4) is 0 Å². The lowest BCUT2D eigenvalue weighted by Crippen LogP contribution is -2.31. The molecule has 0 amide bonds. The van der Waals surface area contributed by atoms with Gasteiger partial charge >= 0.3 is 0 Å². The Hall–Kier alpha value is -0.940. The molecule has 0 bridgehead atoms. The minimum absolute atomic E-state index is 0.0691. The summed E-state index contributed by atoms with van der Waals surface area (Å²) < 4.78 is 0. The first kappa shape index (κ1) is 16.1. The lowest BCUT2D eigenvalue weighted by molar-refractivity contribution is 0.118. The predicted octanol–water partition coefficient (Wildman–Crippen LogP) is 1.01. The monoisotopic (exact) mass is 267 g/mol. The van der Waals surface area contributed by atoms with Crippen LogP contribution in [0, 0.1) is 13.8 Å². The molecule has 0 radical (unpaired) electrons. The van der Waals surface area contributed by atoms with Crippen molar-refractivity contribution in [3.63, 3.8) is 0 Å². The topological polar surface area (TPSA) is 63.9 Å². The van der Waals surface area contributed by atoms with E-state index in [0.717, 1.165) is 16.7 Å². The van der Waals surface area contributed by atoms with Crippen LogP contribution < -0.4 is 0 Å². The third-order valence-corrected chi connectivity index (χ3v) is 3.18. The molecule has 19 heavy (non-hydrogen) atoms. The van der Waals surface area contributed by atoms with Crippen LogP contribution in [0.3, 0.4) is 0 Å². The molecule has 0 fully saturated rings. The highest BCUT2D eigenvalue weighted by atomic mass is 16.3. The summed E-state index contributed by atoms with van der Waals surface area (Å²) >= 11 is 0. The molecule has 1 atom stereocenters. The number of rotatable bonds is 8. The SMILES string of the molecule is Cc1cc(C)cc(C(O)CCN(CCO)CCO)c1. The maximum atomic E-state index is 10.2. The molecule has 1 aromatic rings. The van der Waals surface area contributed by atoms with E-state index in [2.05, 4.69) is 6.07 Å². The molecular formula is C15H25NO3. The van der Waals surface area contributed by atoms with Crippen molar-refractivity contribution in [1.82, 2.24) is 4.90 Å². The first-order valence-electron chi connectivity index (χ1n) is 6.77. The first-order chi connectivity index (χ1) is 9.06. The lowest BCUT2D eigenvalue weighted by atomic mass is 10.0. The number of benzene rings is 1. The van der Waals surface area contributed by atoms with Gasteiger partial charge in [-0.25, -0.2) is 0 Å². The molecule has 1 aromatic carbocycles. The molecule has 0 spiro atoms. The van der Waals surface area contributed by atoms with Crippen LogP contribution in [0.1, 0.15) is 29.2 Å². The van der Waals surface area contributed by atoms with Gasteiger partial charge in [0.2, 0.25) is 0 Å². The maximum absolute atomic E-state index is 10.2. The lowest BCUT2D eigenvalue weighted by Gasteiger charge is -2.22. The van der Waals surface area contributed by atoms with Crippen LogP contribution in [0.2, 0.25) is 0 Å². The van der Waals surface area contributed by atoms with Gasteiger partial charge in [-0.2, -0.15) is 0 Å². The Morgan fingerprint density at radius 1 is 0.947 bits per heavy atom. The highest BCUT2D eigenvalue weighted by Crippen LogP contribution is 2.20. The van der Waals surface area contributed by atoms with Crippen LogP contribution in [0.4, 0.5) is 0 Å². The number of hydrogen-bond donors (Lipinski definition) is 3. The van der Waals surface area contributed by atoms with Crippen LogP contribution in [-0.4, -0.2) is 53.1 Å². The molecule has 0 heterocycles. The third kappa shape index (κ3) is 5.70. The van der Waals surface area contributed by atoms with Crippen LogP contribution in [-0.2, 0) is 0 Å². The normalized spacial score (nSPS) is 12.9. The molecule has 0 aliphatic rings. The summed E-state index contributed by atoms with van der Waals surface area (Å²) in [5.74, 6) is 0. The second kappa shape index (κ2) is 8.27. The Bertz CT molecular complexity index is 355. The van der Waals surface area contributed by atoms with Crippen LogP contribution in [0.25, 0.3) is 0 Å². The number of aryl methyl sites for hydroxylation is 2. The molecule has 108 valence electrons. The molecule has 1 rings (SSSR count). The Kier molecular flexibility index (Phi) is 7.02. The average molecular weight is 267 g/mol. The summed E-state index contributed by atoms with van der Waals surface area (Å²) in [6.45, 7) is 5.90. The van der Waals surface area contributed by atoms with Crippen molar-refractivity contribution in [2.24, 2.45) is 0 Å². The van der Waals surface area contributed by atoms with Gasteiger partial charge in [-0.05, 0) is 25.8 Å². The van der Waals surface area contributed by atoms with E-state index in [4.69, 9.17) is 10.2 Å². The van der Waals surface area contributed by atoms with E-state index >= 15 is 0 Å². The second-order valence-corrected chi connectivity index (χ2v) is 5.01. The van der Waals surface area contributed by atoms with E-state index in [-0.39, 0.29) is 13.2 Å². The van der Waals surface area contributed by atoms with E-state index in [0.29, 0.717) is 26.1 Å². The van der Waals surface area contributed by atoms with Gasteiger partial charge in [-0.15, -0.1) is 0 Å². The van der Waals surface area contributed by atoms with E-state index in [1.54, 1.807) is 0 Å². The third-order valence-electron chi connectivity index (χ3n) is 3.18. The Morgan fingerprint density at radius 3 is 1.95 bits per heavy atom. The summed E-state index contributed by atoms with van der Waals surface area (Å²) in [6, 6.07) is 6.08. The number of hydrogen-bond acceptors (Lipinski definition) is 4. The minimum Gasteiger partial charge on any atom is -0.395 e. The number of nitrogens with zero attached hydrogens (tertiary/aromatic N) is 1. The fourth-order valence-corrected chi connectivity index (χ4v) is 2.29. The quantitative estimate of drug-likeness (QED) is 0.658. The van der Waals surface area contributed by atoms with Gasteiger partial charge in [-0.3, -0.25) is 4.90 Å². The summed E-state index contributed by atoms with van der Waals surface area (Å²) in [4.78, 5) is 1.95. The molecule has 4 heteroatoms. The highest BCUT2D eigenvalue weighted by molar-refractivity contribution is 5.29. The van der Waals surface area contributed by atoms with Crippen molar-refractivity contribution in [2.45, 2.75) is 26.4 Å². The zero-order valence-electron chi connectivity index (χ0n) is 11.8. The van der Waals surface area contributed by atoms with Crippen LogP contribution in [0.15, 0.2) is 18.2 Å². The Labute approximate surface area is 115 Å². The van der Waals surface area contributed by atoms with Gasteiger partial charge in [0.1, 0.15) is 0 Å². The molecular weight excluding hydrogens is 242 g/mol. The largest absolute Gasteiger partial charge is 0.395 e. The minimum atomic E-state index is -0.501. The van der Waals surface area contributed by atoms with Gasteiger partial charge in [0.05, 0.1) is 19.3 Å². The average Bonchev–Trinajstić information content (AvgIpc) is 2.35. The van der Waals surface area contributed by atoms with Crippen LogP contribution in [0.5, 0.6) is 0 Å². The molecule has 4 nitrogen and oxygen atoms in total. The smallest absolute Gasteiger partial charge is 0.0802 e. The van der Waals surface area contributed by atoms with Crippen LogP contribution >= 0.6 is 0 Å². The first-order valence-corrected chi connectivity index (χ1v) is 6.77. The van der Waals surface area contributed by atoms with E-state index in [9.17, 15) is 5.11 Å². The van der Waals surface area contributed by atoms with Crippen molar-refractivity contribution in [1.29, 1.82) is 0 Å². The fraction of sp³-hybridized carbons (Fsp3) is 0.600. The standard InChI is InChI=1S/C15H25NO3/c1-12-9-13(2)11-14(10-12)15(19)3-4-16(5-7-17)6-8-18/h9-11,15,17-19H,3-8H2,1-2H3. The second-order valence-electron chi connectivity index (χ2n) is 5.01. The number of aliphatic hydroxyl groups excluding tert-OH is 3. The maximum Gasteiger partial charge on any atom is 0.0802 e. The van der Waals surface area contributed by atoms with E-state index in [1.807, 2.05) is 30.9 Å². The van der Waals surface area contributed by atoms with Crippen molar-refractivity contribution in [2.75, 3.05) is 32.8 Å². The summed E-state index contributed by atoms with van der Waals surface area (Å²) in [6.07, 6.45) is 0.0987. The molecule has 1 unspecified atom stereocenters. The van der Waals surface area contributed by atoms with E-state index in [1.165, 1.54) is 0 Å². The van der Waals surface area contributed by atoms with Gasteiger partial charge < -0.3 is 15.3 Å². The van der Waals surface area contributed by atoms with Crippen molar-refractivity contribution in [3.05, 3.63) is 34.9 Å². The molecule has 0 aliphatic heterocycles. The summed E-state index contributed by atoms with van der Waals surface area (Å²) in [5.41, 5.74) is 3.23. The van der Waals surface area contributed by atoms with E-state index < -0.39 is 6.10 Å². The number of aliphatic hydroxyl groups is 3. The van der Waals surface area contributed by atoms with Gasteiger partial charge in [0.15, 0.2) is 0 Å². The zero-order chi connectivity index (χ0) is 14.3. The molecule has 0 aliphatic carbocycles. The van der Waals surface area contributed by atoms with Crippen molar-refractivity contribution < 1.29 is 15.3 Å². The summed E-state index contributed by atoms with van der Waals surface area (Å²) in [7, 11) is 0. The van der Waals surface area contributed by atoms with Gasteiger partial charge in [0.25, 0.3) is 0 Å². The molecule has 3 N–H and O–H groups in total. The predicted molar refractivity (Wildman–Crippen MR) is 76.1 cm³/mol. The fourth-order valence-electron chi connectivity index (χ4n) is 2.29. The molecule has 0 aromatic heterocycles. The molecule has 0 saturated carbocycles. The Balaban J connectivity index is 2.55. The van der Waals surface area contributed by atoms with Crippen molar-refractivity contribution >= 4 is 0 Å². The zero-order valence-corrected chi connectivity index (χ0v) is 11.8. The molecule has 0 saturated heterocycles. The van der Waals surface area contributed by atoms with Gasteiger partial charge in [-0.1, -0.05) is 29.3 Å². The highest BCUT2D eigenvalue weighted by Gasteiger charge is 2.11.